The van der Waals surface area contributed by atoms with Gasteiger partial charge in [0, 0.05) is 13.1 Å². The highest BCUT2D eigenvalue weighted by Gasteiger charge is 1.89. The minimum atomic E-state index is -0.290. The molecule has 0 aromatic heterocycles. The number of rotatable bonds is 4. The molecule has 0 heterocycles. The summed E-state index contributed by atoms with van der Waals surface area (Å²) in [5.41, 5.74) is 0. The molecule has 0 aromatic carbocycles. The van der Waals surface area contributed by atoms with E-state index in [9.17, 15) is 4.39 Å². The maximum Gasteiger partial charge on any atom is 0.166 e. The number of hydrogen-bond donors (Lipinski definition) is 2. The van der Waals surface area contributed by atoms with Crippen LogP contribution in [0, 0.1) is 0 Å². The fourth-order valence-electron chi connectivity index (χ4n) is 0.492. The lowest BCUT2D eigenvalue weighted by atomic mass is 10.5. The van der Waals surface area contributed by atoms with Crippen LogP contribution in [0.15, 0.2) is 0 Å². The summed E-state index contributed by atoms with van der Waals surface area (Å²) >= 11 is 4.82. The standard InChI is InChI=1S/C6H13FN2S/c1-2-8-6(10)9-5-3-4-7/h2-5H2,1H3,(H2,8,9,10). The van der Waals surface area contributed by atoms with E-state index in [1.165, 1.54) is 0 Å². The van der Waals surface area contributed by atoms with Gasteiger partial charge in [-0.15, -0.1) is 0 Å². The Hall–Kier alpha value is -0.380. The van der Waals surface area contributed by atoms with Crippen LogP contribution in [-0.4, -0.2) is 24.9 Å². The van der Waals surface area contributed by atoms with Crippen molar-refractivity contribution in [2.75, 3.05) is 19.8 Å². The zero-order chi connectivity index (χ0) is 7.82. The molecule has 0 unspecified atom stereocenters. The monoisotopic (exact) mass is 164 g/mol. The van der Waals surface area contributed by atoms with Crippen molar-refractivity contribution >= 4 is 17.3 Å². The third-order valence-electron chi connectivity index (χ3n) is 0.933. The second-order valence-corrected chi connectivity index (χ2v) is 2.24. The number of alkyl halides is 1. The topological polar surface area (TPSA) is 24.1 Å². The highest BCUT2D eigenvalue weighted by molar-refractivity contribution is 7.80. The molecule has 0 aliphatic heterocycles. The molecule has 0 aliphatic carbocycles. The lowest BCUT2D eigenvalue weighted by Gasteiger charge is -2.06. The molecule has 0 rings (SSSR count). The second kappa shape index (κ2) is 6.74. The Balaban J connectivity index is 3.05. The van der Waals surface area contributed by atoms with E-state index in [0.29, 0.717) is 18.1 Å². The van der Waals surface area contributed by atoms with Crippen LogP contribution in [0.1, 0.15) is 13.3 Å². The zero-order valence-electron chi connectivity index (χ0n) is 6.11. The van der Waals surface area contributed by atoms with Gasteiger partial charge in [0.2, 0.25) is 0 Å². The molecule has 0 radical (unpaired) electrons. The normalized spacial score (nSPS) is 9.00. The first-order valence-electron chi connectivity index (χ1n) is 3.39. The van der Waals surface area contributed by atoms with E-state index in [0.717, 1.165) is 6.54 Å². The molecule has 2 nitrogen and oxygen atoms in total. The van der Waals surface area contributed by atoms with Crippen molar-refractivity contribution in [3.8, 4) is 0 Å². The van der Waals surface area contributed by atoms with Crippen LogP contribution >= 0.6 is 12.2 Å². The van der Waals surface area contributed by atoms with Crippen molar-refractivity contribution in [1.29, 1.82) is 0 Å². The van der Waals surface area contributed by atoms with E-state index in [-0.39, 0.29) is 6.67 Å². The second-order valence-electron chi connectivity index (χ2n) is 1.83. The van der Waals surface area contributed by atoms with Crippen molar-refractivity contribution in [2.24, 2.45) is 0 Å². The summed E-state index contributed by atoms with van der Waals surface area (Å²) in [5, 5.41) is 6.37. The molecule has 0 saturated carbocycles. The van der Waals surface area contributed by atoms with E-state index >= 15 is 0 Å². The summed E-state index contributed by atoms with van der Waals surface area (Å²) in [6.07, 6.45) is 0.519. The van der Waals surface area contributed by atoms with Crippen molar-refractivity contribution in [3.63, 3.8) is 0 Å². The molecule has 0 spiro atoms. The highest BCUT2D eigenvalue weighted by Crippen LogP contribution is 1.76. The first-order valence-corrected chi connectivity index (χ1v) is 3.79. The van der Waals surface area contributed by atoms with E-state index in [1.54, 1.807) is 0 Å². The molecular formula is C6H13FN2S. The van der Waals surface area contributed by atoms with Crippen LogP contribution in [0.25, 0.3) is 0 Å². The largest absolute Gasteiger partial charge is 0.363 e. The molecule has 0 bridgehead atoms. The van der Waals surface area contributed by atoms with Gasteiger partial charge in [0.05, 0.1) is 6.67 Å². The maximum absolute atomic E-state index is 11.5. The van der Waals surface area contributed by atoms with Crippen molar-refractivity contribution in [2.45, 2.75) is 13.3 Å². The number of nitrogens with one attached hydrogen (secondary N) is 2. The quantitative estimate of drug-likeness (QED) is 0.475. The maximum atomic E-state index is 11.5. The van der Waals surface area contributed by atoms with Gasteiger partial charge in [-0.25, -0.2) is 0 Å². The molecular weight excluding hydrogens is 151 g/mol. The van der Waals surface area contributed by atoms with Crippen LogP contribution in [0.3, 0.4) is 0 Å². The Bertz CT molecular complexity index is 97.7. The lowest BCUT2D eigenvalue weighted by Crippen LogP contribution is -2.35. The van der Waals surface area contributed by atoms with Crippen molar-refractivity contribution < 1.29 is 4.39 Å². The Morgan fingerprint density at radius 1 is 1.50 bits per heavy atom. The summed E-state index contributed by atoms with van der Waals surface area (Å²) in [5.74, 6) is 0. The summed E-state index contributed by atoms with van der Waals surface area (Å²) in [4.78, 5) is 0. The molecule has 4 heteroatoms. The van der Waals surface area contributed by atoms with E-state index < -0.39 is 0 Å². The van der Waals surface area contributed by atoms with Gasteiger partial charge >= 0.3 is 0 Å². The first kappa shape index (κ1) is 9.62. The molecule has 2 N–H and O–H groups in total. The Morgan fingerprint density at radius 2 is 2.20 bits per heavy atom. The van der Waals surface area contributed by atoms with E-state index in [1.807, 2.05) is 6.92 Å². The minimum Gasteiger partial charge on any atom is -0.363 e. The molecule has 0 fully saturated rings. The average Bonchev–Trinajstić information content (AvgIpc) is 1.89. The molecule has 10 heavy (non-hydrogen) atoms. The molecule has 0 aromatic rings. The van der Waals surface area contributed by atoms with Gasteiger partial charge in [-0.2, -0.15) is 0 Å². The molecule has 0 aliphatic rings. The average molecular weight is 164 g/mol. The van der Waals surface area contributed by atoms with Crippen LogP contribution in [0.5, 0.6) is 0 Å². The van der Waals surface area contributed by atoms with Gasteiger partial charge in [-0.3, -0.25) is 4.39 Å². The summed E-state index contributed by atoms with van der Waals surface area (Å²) in [7, 11) is 0. The Kier molecular flexibility index (Phi) is 6.48. The molecule has 0 saturated heterocycles. The Labute approximate surface area is 66.2 Å². The van der Waals surface area contributed by atoms with Gasteiger partial charge in [0.25, 0.3) is 0 Å². The van der Waals surface area contributed by atoms with E-state index in [4.69, 9.17) is 12.2 Å². The van der Waals surface area contributed by atoms with Gasteiger partial charge < -0.3 is 10.6 Å². The smallest absolute Gasteiger partial charge is 0.166 e. The number of halogens is 1. The van der Waals surface area contributed by atoms with Crippen molar-refractivity contribution in [3.05, 3.63) is 0 Å². The van der Waals surface area contributed by atoms with Crippen LogP contribution in [0.2, 0.25) is 0 Å². The molecule has 0 amide bonds. The Morgan fingerprint density at radius 3 is 2.70 bits per heavy atom. The van der Waals surface area contributed by atoms with E-state index in [2.05, 4.69) is 10.6 Å². The highest BCUT2D eigenvalue weighted by atomic mass is 32.1. The predicted octanol–water partition coefficient (Wildman–Crippen LogP) is 0.830. The number of thiocarbonyl (C=S) groups is 1. The fourth-order valence-corrected chi connectivity index (χ4v) is 0.738. The summed E-state index contributed by atoms with van der Waals surface area (Å²) in [6, 6.07) is 0. The number of hydrogen-bond acceptors (Lipinski definition) is 1. The summed E-state index contributed by atoms with van der Waals surface area (Å²) < 4.78 is 11.5. The molecule has 0 atom stereocenters. The van der Waals surface area contributed by atoms with Crippen LogP contribution in [0.4, 0.5) is 4.39 Å². The van der Waals surface area contributed by atoms with Gasteiger partial charge in [0.1, 0.15) is 0 Å². The lowest BCUT2D eigenvalue weighted by molar-refractivity contribution is 0.471. The third-order valence-corrected chi connectivity index (χ3v) is 1.22. The van der Waals surface area contributed by atoms with Crippen LogP contribution in [-0.2, 0) is 0 Å². The van der Waals surface area contributed by atoms with Gasteiger partial charge in [0.15, 0.2) is 5.11 Å². The predicted molar refractivity (Wildman–Crippen MR) is 44.9 cm³/mol. The minimum absolute atomic E-state index is 0.290. The van der Waals surface area contributed by atoms with Gasteiger partial charge in [-0.1, -0.05) is 0 Å². The van der Waals surface area contributed by atoms with Crippen LogP contribution < -0.4 is 10.6 Å². The van der Waals surface area contributed by atoms with Crippen molar-refractivity contribution in [1.82, 2.24) is 10.6 Å². The molecule has 60 valence electrons. The summed E-state index contributed by atoms with van der Waals surface area (Å²) in [6.45, 7) is 3.09. The SMILES string of the molecule is CCNC(=S)NCCCF. The fraction of sp³-hybridized carbons (Fsp3) is 0.833. The first-order chi connectivity index (χ1) is 4.81. The zero-order valence-corrected chi connectivity index (χ0v) is 6.93. The van der Waals surface area contributed by atoms with Gasteiger partial charge in [-0.05, 0) is 25.6 Å². The third kappa shape index (κ3) is 5.75.